The number of nitrogens with zero attached hydrogens (tertiary/aromatic N) is 1. The van der Waals surface area contributed by atoms with E-state index in [9.17, 15) is 4.79 Å². The molecule has 2 rings (SSSR count). The Morgan fingerprint density at radius 2 is 1.95 bits per heavy atom. The molecule has 1 aliphatic carbocycles. The Balaban J connectivity index is 2.19. The van der Waals surface area contributed by atoms with E-state index in [4.69, 9.17) is 5.11 Å². The lowest BCUT2D eigenvalue weighted by Crippen LogP contribution is -2.45. The Hall–Kier alpha value is -1.51. The second kappa shape index (κ2) is 6.78. The number of carboxylic acids is 1. The second-order valence-corrected chi connectivity index (χ2v) is 6.01. The quantitative estimate of drug-likeness (QED) is 0.888. The van der Waals surface area contributed by atoms with Gasteiger partial charge in [0, 0.05) is 18.3 Å². The van der Waals surface area contributed by atoms with Crippen molar-refractivity contribution in [2.75, 3.05) is 11.4 Å². The van der Waals surface area contributed by atoms with Gasteiger partial charge in [-0.15, -0.1) is 0 Å². The number of carbonyl (C=O) groups is 1. The summed E-state index contributed by atoms with van der Waals surface area (Å²) in [6.07, 6.45) is 3.90. The Morgan fingerprint density at radius 3 is 2.60 bits per heavy atom. The van der Waals surface area contributed by atoms with Crippen LogP contribution in [0.25, 0.3) is 0 Å². The first-order valence-electron chi connectivity index (χ1n) is 7.63. The van der Waals surface area contributed by atoms with Gasteiger partial charge >= 0.3 is 5.97 Å². The molecule has 0 aliphatic heterocycles. The molecular weight excluding hydrogens is 250 g/mol. The van der Waals surface area contributed by atoms with Gasteiger partial charge in [0.25, 0.3) is 0 Å². The molecule has 3 unspecified atom stereocenters. The summed E-state index contributed by atoms with van der Waals surface area (Å²) in [4.78, 5) is 13.3. The first-order valence-corrected chi connectivity index (χ1v) is 7.63. The summed E-state index contributed by atoms with van der Waals surface area (Å²) in [5, 5.41) is 9.00. The third kappa shape index (κ3) is 3.53. The van der Waals surface area contributed by atoms with Crippen LogP contribution in [0.5, 0.6) is 0 Å². The van der Waals surface area contributed by atoms with Gasteiger partial charge in [-0.1, -0.05) is 44.9 Å². The lowest BCUT2D eigenvalue weighted by Gasteiger charge is -2.43. The first-order chi connectivity index (χ1) is 9.59. The third-order valence-corrected chi connectivity index (χ3v) is 4.72. The Kier molecular flexibility index (Phi) is 5.05. The van der Waals surface area contributed by atoms with Gasteiger partial charge in [0.15, 0.2) is 0 Å². The lowest BCUT2D eigenvalue weighted by atomic mass is 9.77. The lowest BCUT2D eigenvalue weighted by molar-refractivity contribution is -0.136. The van der Waals surface area contributed by atoms with Crippen molar-refractivity contribution in [3.63, 3.8) is 0 Å². The van der Waals surface area contributed by atoms with Crippen molar-refractivity contribution in [3.8, 4) is 0 Å². The molecule has 0 aromatic heterocycles. The summed E-state index contributed by atoms with van der Waals surface area (Å²) in [7, 11) is 0. The molecule has 1 aromatic carbocycles. The molecule has 1 fully saturated rings. The number of hydrogen-bond acceptors (Lipinski definition) is 2. The number of carboxylic acid groups (broad SMARTS) is 1. The molecule has 3 heteroatoms. The van der Waals surface area contributed by atoms with Gasteiger partial charge < -0.3 is 10.0 Å². The van der Waals surface area contributed by atoms with Crippen LogP contribution in [0.2, 0.25) is 0 Å². The van der Waals surface area contributed by atoms with Crippen LogP contribution in [-0.4, -0.2) is 23.7 Å². The Bertz CT molecular complexity index is 432. The van der Waals surface area contributed by atoms with Gasteiger partial charge in [-0.3, -0.25) is 4.79 Å². The van der Waals surface area contributed by atoms with Crippen molar-refractivity contribution in [2.24, 2.45) is 11.8 Å². The summed E-state index contributed by atoms with van der Waals surface area (Å²) in [5.41, 5.74) is 1.15. The summed E-state index contributed by atoms with van der Waals surface area (Å²) in [6.45, 7) is 5.23. The molecule has 3 atom stereocenters. The van der Waals surface area contributed by atoms with Crippen molar-refractivity contribution in [1.29, 1.82) is 0 Å². The van der Waals surface area contributed by atoms with E-state index >= 15 is 0 Å². The van der Waals surface area contributed by atoms with Crippen LogP contribution in [-0.2, 0) is 4.79 Å². The predicted molar refractivity (Wildman–Crippen MR) is 82.0 cm³/mol. The third-order valence-electron chi connectivity index (χ3n) is 4.72. The molecule has 1 aromatic rings. The average Bonchev–Trinajstić information content (AvgIpc) is 2.44. The summed E-state index contributed by atoms with van der Waals surface area (Å²) in [6, 6.07) is 10.7. The minimum absolute atomic E-state index is 0.201. The molecule has 0 saturated heterocycles. The summed E-state index contributed by atoms with van der Waals surface area (Å²) < 4.78 is 0. The van der Waals surface area contributed by atoms with Crippen LogP contribution < -0.4 is 4.90 Å². The Labute approximate surface area is 121 Å². The maximum atomic E-state index is 10.9. The summed E-state index contributed by atoms with van der Waals surface area (Å²) >= 11 is 0. The predicted octanol–water partition coefficient (Wildman–Crippen LogP) is 3.79. The minimum atomic E-state index is -0.720. The molecule has 1 saturated carbocycles. The molecule has 1 aliphatic rings. The van der Waals surface area contributed by atoms with Crippen molar-refractivity contribution >= 4 is 11.7 Å². The van der Waals surface area contributed by atoms with Gasteiger partial charge in [-0.2, -0.15) is 0 Å². The van der Waals surface area contributed by atoms with E-state index in [0.717, 1.165) is 5.69 Å². The SMILES string of the molecule is CC1CCCC(N(CCC(=O)O)c2ccccc2)C1C. The molecule has 0 heterocycles. The van der Waals surface area contributed by atoms with E-state index in [0.29, 0.717) is 24.4 Å². The maximum Gasteiger partial charge on any atom is 0.305 e. The van der Waals surface area contributed by atoms with Crippen molar-refractivity contribution < 1.29 is 9.90 Å². The van der Waals surface area contributed by atoms with Crippen LogP contribution in [0.1, 0.15) is 39.5 Å². The zero-order valence-electron chi connectivity index (χ0n) is 12.5. The van der Waals surface area contributed by atoms with Crippen LogP contribution in [0.3, 0.4) is 0 Å². The average molecular weight is 275 g/mol. The van der Waals surface area contributed by atoms with Gasteiger partial charge in [-0.05, 0) is 30.4 Å². The van der Waals surface area contributed by atoms with Gasteiger partial charge in [-0.25, -0.2) is 0 Å². The van der Waals surface area contributed by atoms with Crippen LogP contribution >= 0.6 is 0 Å². The fourth-order valence-corrected chi connectivity index (χ4v) is 3.32. The highest BCUT2D eigenvalue weighted by molar-refractivity contribution is 5.67. The molecule has 0 radical (unpaired) electrons. The number of para-hydroxylation sites is 1. The molecule has 0 bridgehead atoms. The highest BCUT2D eigenvalue weighted by Crippen LogP contribution is 2.35. The molecule has 0 spiro atoms. The highest BCUT2D eigenvalue weighted by Gasteiger charge is 2.31. The van der Waals surface area contributed by atoms with Gasteiger partial charge in [0.1, 0.15) is 0 Å². The zero-order chi connectivity index (χ0) is 14.5. The van der Waals surface area contributed by atoms with Crippen LogP contribution in [0.15, 0.2) is 30.3 Å². The van der Waals surface area contributed by atoms with Crippen molar-refractivity contribution in [1.82, 2.24) is 0 Å². The maximum absolute atomic E-state index is 10.9. The van der Waals surface area contributed by atoms with Crippen LogP contribution in [0.4, 0.5) is 5.69 Å². The number of anilines is 1. The standard InChI is InChI=1S/C17H25NO2/c1-13-7-6-10-16(14(13)2)18(12-11-17(19)20)15-8-4-3-5-9-15/h3-5,8-9,13-14,16H,6-7,10-12H2,1-2H3,(H,19,20). The minimum Gasteiger partial charge on any atom is -0.481 e. The monoisotopic (exact) mass is 275 g/mol. The highest BCUT2D eigenvalue weighted by atomic mass is 16.4. The van der Waals surface area contributed by atoms with Crippen LogP contribution in [0, 0.1) is 11.8 Å². The van der Waals surface area contributed by atoms with E-state index in [1.807, 2.05) is 18.2 Å². The second-order valence-electron chi connectivity index (χ2n) is 6.01. The molecule has 110 valence electrons. The Morgan fingerprint density at radius 1 is 1.25 bits per heavy atom. The zero-order valence-corrected chi connectivity index (χ0v) is 12.5. The molecule has 3 nitrogen and oxygen atoms in total. The van der Waals surface area contributed by atoms with E-state index in [2.05, 4.69) is 30.9 Å². The molecule has 0 amide bonds. The molecular formula is C17H25NO2. The van der Waals surface area contributed by atoms with Crippen molar-refractivity contribution in [3.05, 3.63) is 30.3 Å². The fraction of sp³-hybridized carbons (Fsp3) is 0.588. The largest absolute Gasteiger partial charge is 0.481 e. The van der Waals surface area contributed by atoms with E-state index in [1.165, 1.54) is 19.3 Å². The number of benzene rings is 1. The van der Waals surface area contributed by atoms with E-state index in [-0.39, 0.29) is 6.42 Å². The van der Waals surface area contributed by atoms with E-state index in [1.54, 1.807) is 0 Å². The fourth-order valence-electron chi connectivity index (χ4n) is 3.32. The summed E-state index contributed by atoms with van der Waals surface area (Å²) in [5.74, 6) is 0.602. The van der Waals surface area contributed by atoms with Crippen molar-refractivity contribution in [2.45, 2.75) is 45.6 Å². The number of hydrogen-bond donors (Lipinski definition) is 1. The molecule has 20 heavy (non-hydrogen) atoms. The molecule has 1 N–H and O–H groups in total. The van der Waals surface area contributed by atoms with Gasteiger partial charge in [0.05, 0.1) is 6.42 Å². The smallest absolute Gasteiger partial charge is 0.305 e. The first kappa shape index (κ1) is 14.9. The number of rotatable bonds is 5. The van der Waals surface area contributed by atoms with E-state index < -0.39 is 5.97 Å². The normalized spacial score (nSPS) is 26.2. The topological polar surface area (TPSA) is 40.5 Å². The number of aliphatic carboxylic acids is 1. The van der Waals surface area contributed by atoms with Gasteiger partial charge in [0.2, 0.25) is 0 Å².